The molecule has 0 radical (unpaired) electrons. The van der Waals surface area contributed by atoms with Gasteiger partial charge < -0.3 is 10.6 Å². The van der Waals surface area contributed by atoms with E-state index in [1.165, 1.54) is 42.5 Å². The lowest BCUT2D eigenvalue weighted by molar-refractivity contribution is -0.114. The number of halogens is 1. The zero-order valence-electron chi connectivity index (χ0n) is 20.5. The van der Waals surface area contributed by atoms with Crippen LogP contribution in [0.25, 0.3) is 0 Å². The Labute approximate surface area is 221 Å². The summed E-state index contributed by atoms with van der Waals surface area (Å²) in [7, 11) is -4.28. The number of anilines is 2. The van der Waals surface area contributed by atoms with Gasteiger partial charge in [0.05, 0.1) is 27.9 Å². The predicted octanol–water partition coefficient (Wildman–Crippen LogP) is 5.15. The molecule has 9 heteroatoms. The fourth-order valence-corrected chi connectivity index (χ4v) is 5.33. The Morgan fingerprint density at radius 1 is 0.816 bits per heavy atom. The lowest BCUT2D eigenvalue weighted by Gasteiger charge is -2.24. The maximum Gasteiger partial charge on any atom is 0.264 e. The second-order valence-electron chi connectivity index (χ2n) is 8.48. The number of amides is 2. The van der Waals surface area contributed by atoms with Gasteiger partial charge in [0.25, 0.3) is 15.9 Å². The Morgan fingerprint density at radius 3 is 2.08 bits per heavy atom. The molecule has 194 valence electrons. The van der Waals surface area contributed by atoms with Crippen LogP contribution in [0.4, 0.5) is 15.8 Å². The van der Waals surface area contributed by atoms with E-state index in [0.29, 0.717) is 4.31 Å². The summed E-state index contributed by atoms with van der Waals surface area (Å²) in [5.41, 5.74) is 1.04. The van der Waals surface area contributed by atoms with Crippen molar-refractivity contribution in [2.45, 2.75) is 17.9 Å². The van der Waals surface area contributed by atoms with Crippen molar-refractivity contribution in [3.63, 3.8) is 0 Å². The highest BCUT2D eigenvalue weighted by molar-refractivity contribution is 7.92. The summed E-state index contributed by atoms with van der Waals surface area (Å²) in [6, 6.07) is 28.3. The van der Waals surface area contributed by atoms with Gasteiger partial charge in [-0.25, -0.2) is 12.8 Å². The molecule has 1 atom stereocenters. The Morgan fingerprint density at radius 2 is 1.39 bits per heavy atom. The Kier molecular flexibility index (Phi) is 8.18. The molecule has 38 heavy (non-hydrogen) atoms. The first-order chi connectivity index (χ1) is 18.3. The molecule has 0 aliphatic heterocycles. The van der Waals surface area contributed by atoms with Crippen LogP contribution in [0.1, 0.15) is 28.9 Å². The van der Waals surface area contributed by atoms with Gasteiger partial charge in [0.1, 0.15) is 12.4 Å². The number of carbonyl (C=O) groups is 2. The van der Waals surface area contributed by atoms with Gasteiger partial charge in [-0.2, -0.15) is 0 Å². The third kappa shape index (κ3) is 6.07. The topological polar surface area (TPSA) is 95.6 Å². The zero-order chi connectivity index (χ0) is 27.1. The van der Waals surface area contributed by atoms with Crippen LogP contribution in [0.15, 0.2) is 114 Å². The molecule has 0 saturated heterocycles. The Balaban J connectivity index is 1.58. The molecule has 2 amide bonds. The summed E-state index contributed by atoms with van der Waals surface area (Å²) in [4.78, 5) is 26.1. The van der Waals surface area contributed by atoms with Crippen molar-refractivity contribution in [3.05, 3.63) is 126 Å². The number of benzene rings is 4. The highest BCUT2D eigenvalue weighted by Crippen LogP contribution is 2.26. The van der Waals surface area contributed by atoms with Crippen LogP contribution in [0.5, 0.6) is 0 Å². The number of para-hydroxylation sites is 2. The van der Waals surface area contributed by atoms with Crippen molar-refractivity contribution in [2.75, 3.05) is 16.2 Å². The number of rotatable bonds is 9. The molecule has 0 heterocycles. The van der Waals surface area contributed by atoms with E-state index >= 15 is 0 Å². The Hall–Kier alpha value is -4.50. The summed E-state index contributed by atoms with van der Waals surface area (Å²) in [5, 5.41) is 5.52. The van der Waals surface area contributed by atoms with Crippen LogP contribution in [-0.2, 0) is 14.8 Å². The van der Waals surface area contributed by atoms with Crippen molar-refractivity contribution < 1.29 is 22.4 Å². The first-order valence-electron chi connectivity index (χ1n) is 11.8. The average Bonchev–Trinajstić information content (AvgIpc) is 2.93. The molecule has 0 fully saturated rings. The van der Waals surface area contributed by atoms with Gasteiger partial charge in [0.15, 0.2) is 0 Å². The van der Waals surface area contributed by atoms with E-state index in [2.05, 4.69) is 10.6 Å². The maximum absolute atomic E-state index is 14.7. The molecule has 4 rings (SSSR count). The summed E-state index contributed by atoms with van der Waals surface area (Å²) in [5.74, 6) is -1.96. The highest BCUT2D eigenvalue weighted by Gasteiger charge is 2.29. The van der Waals surface area contributed by atoms with E-state index in [0.717, 1.165) is 11.6 Å². The lowest BCUT2D eigenvalue weighted by Crippen LogP contribution is -2.39. The minimum atomic E-state index is -4.28. The quantitative estimate of drug-likeness (QED) is 0.312. The molecule has 0 aliphatic carbocycles. The van der Waals surface area contributed by atoms with E-state index in [1.807, 2.05) is 37.3 Å². The monoisotopic (exact) mass is 531 g/mol. The predicted molar refractivity (Wildman–Crippen MR) is 145 cm³/mol. The van der Waals surface area contributed by atoms with Crippen LogP contribution < -0.4 is 14.9 Å². The maximum atomic E-state index is 14.7. The number of hydrogen-bond donors (Lipinski definition) is 2. The van der Waals surface area contributed by atoms with Crippen molar-refractivity contribution in [2.24, 2.45) is 0 Å². The van der Waals surface area contributed by atoms with Crippen LogP contribution in [-0.4, -0.2) is 26.8 Å². The molecule has 4 aromatic carbocycles. The first kappa shape index (κ1) is 26.6. The third-order valence-corrected chi connectivity index (χ3v) is 7.61. The van der Waals surface area contributed by atoms with Crippen molar-refractivity contribution in [1.29, 1.82) is 0 Å². The largest absolute Gasteiger partial charge is 0.345 e. The number of nitrogens with one attached hydrogen (secondary N) is 2. The van der Waals surface area contributed by atoms with Gasteiger partial charge in [-0.05, 0) is 48.9 Å². The van der Waals surface area contributed by atoms with Gasteiger partial charge in [-0.3, -0.25) is 13.9 Å². The van der Waals surface area contributed by atoms with Gasteiger partial charge in [0, 0.05) is 0 Å². The first-order valence-corrected chi connectivity index (χ1v) is 13.3. The molecular weight excluding hydrogens is 505 g/mol. The molecule has 0 aromatic heterocycles. The van der Waals surface area contributed by atoms with Crippen LogP contribution in [0.3, 0.4) is 0 Å². The van der Waals surface area contributed by atoms with Gasteiger partial charge in [-0.15, -0.1) is 0 Å². The smallest absolute Gasteiger partial charge is 0.264 e. The SMILES string of the molecule is C[C@H](NC(=O)c1ccccc1NC(=O)CN(c1ccccc1F)S(=O)(=O)c1ccccc1)c1ccccc1. The number of hydrogen-bond acceptors (Lipinski definition) is 4. The lowest BCUT2D eigenvalue weighted by atomic mass is 10.1. The van der Waals surface area contributed by atoms with E-state index in [1.54, 1.807) is 30.3 Å². The molecule has 0 saturated carbocycles. The van der Waals surface area contributed by atoms with E-state index in [9.17, 15) is 22.4 Å². The molecular formula is C29H26FN3O4S. The number of carbonyl (C=O) groups excluding carboxylic acids is 2. The van der Waals surface area contributed by atoms with Crippen LogP contribution >= 0.6 is 0 Å². The number of nitrogens with zero attached hydrogens (tertiary/aromatic N) is 1. The molecule has 0 unspecified atom stereocenters. The molecule has 0 bridgehead atoms. The molecule has 2 N–H and O–H groups in total. The van der Waals surface area contributed by atoms with E-state index in [4.69, 9.17) is 0 Å². The van der Waals surface area contributed by atoms with Gasteiger partial charge in [0.2, 0.25) is 5.91 Å². The summed E-state index contributed by atoms with van der Waals surface area (Å²) < 4.78 is 42.3. The third-order valence-electron chi connectivity index (χ3n) is 5.83. The number of sulfonamides is 1. The van der Waals surface area contributed by atoms with Crippen molar-refractivity contribution in [3.8, 4) is 0 Å². The Bertz CT molecular complexity index is 1530. The normalized spacial score (nSPS) is 11.8. The minimum absolute atomic E-state index is 0.0919. The van der Waals surface area contributed by atoms with Crippen LogP contribution in [0.2, 0.25) is 0 Å². The van der Waals surface area contributed by atoms with E-state index in [-0.39, 0.29) is 27.9 Å². The highest BCUT2D eigenvalue weighted by atomic mass is 32.2. The van der Waals surface area contributed by atoms with Crippen LogP contribution in [0, 0.1) is 5.82 Å². The summed E-state index contributed by atoms with van der Waals surface area (Å²) in [6.07, 6.45) is 0. The van der Waals surface area contributed by atoms with Crippen molar-refractivity contribution in [1.82, 2.24) is 5.32 Å². The average molecular weight is 532 g/mol. The fraction of sp³-hybridized carbons (Fsp3) is 0.103. The minimum Gasteiger partial charge on any atom is -0.345 e. The summed E-state index contributed by atoms with van der Waals surface area (Å²) in [6.45, 7) is 1.13. The molecule has 4 aromatic rings. The second-order valence-corrected chi connectivity index (χ2v) is 10.3. The van der Waals surface area contributed by atoms with E-state index < -0.39 is 34.2 Å². The van der Waals surface area contributed by atoms with Crippen molar-refractivity contribution >= 4 is 33.2 Å². The molecule has 0 spiro atoms. The second kappa shape index (κ2) is 11.7. The van der Waals surface area contributed by atoms with Gasteiger partial charge in [-0.1, -0.05) is 72.8 Å². The molecule has 7 nitrogen and oxygen atoms in total. The standard InChI is InChI=1S/C29H26FN3O4S/c1-21(22-12-4-2-5-13-22)31-29(35)24-16-8-10-18-26(24)32-28(34)20-33(27-19-11-9-17-25(27)30)38(36,37)23-14-6-3-7-15-23/h2-19,21H,20H2,1H3,(H,31,35)(H,32,34)/t21-/m0/s1. The zero-order valence-corrected chi connectivity index (χ0v) is 21.4. The van der Waals surface area contributed by atoms with Gasteiger partial charge >= 0.3 is 0 Å². The summed E-state index contributed by atoms with van der Waals surface area (Å²) >= 11 is 0. The fourth-order valence-electron chi connectivity index (χ4n) is 3.88. The molecule has 0 aliphatic rings.